The molecule has 24 heavy (non-hydrogen) atoms. The molecule has 0 bridgehead atoms. The fourth-order valence-corrected chi connectivity index (χ4v) is 4.64. The van der Waals surface area contributed by atoms with E-state index in [2.05, 4.69) is 44.5 Å². The van der Waals surface area contributed by atoms with Crippen LogP contribution in [-0.4, -0.2) is 41.9 Å². The smallest absolute Gasteiger partial charge is 0.211 e. The maximum Gasteiger partial charge on any atom is 0.211 e. The van der Waals surface area contributed by atoms with Gasteiger partial charge in [0.1, 0.15) is 0 Å². The molecule has 0 spiro atoms. The van der Waals surface area contributed by atoms with Crippen molar-refractivity contribution < 1.29 is 8.42 Å². The Morgan fingerprint density at radius 3 is 2.92 bits per heavy atom. The third kappa shape index (κ3) is 4.24. The van der Waals surface area contributed by atoms with Gasteiger partial charge in [-0.05, 0) is 38.5 Å². The highest BCUT2D eigenvalue weighted by Crippen LogP contribution is 2.26. The summed E-state index contributed by atoms with van der Waals surface area (Å²) in [6.45, 7) is 6.93. The minimum absolute atomic E-state index is 0.120. The van der Waals surface area contributed by atoms with E-state index < -0.39 is 10.0 Å². The van der Waals surface area contributed by atoms with E-state index >= 15 is 0 Å². The van der Waals surface area contributed by atoms with Gasteiger partial charge in [0, 0.05) is 42.1 Å². The lowest BCUT2D eigenvalue weighted by Gasteiger charge is -2.33. The van der Waals surface area contributed by atoms with E-state index in [1.807, 2.05) is 17.5 Å². The quantitative estimate of drug-likeness (QED) is 0.813. The molecule has 3 heterocycles. The second-order valence-electron chi connectivity index (χ2n) is 6.19. The average Bonchev–Trinajstić information content (AvgIpc) is 3.16. The number of aromatic nitrogens is 2. The van der Waals surface area contributed by atoms with Gasteiger partial charge in [-0.15, -0.1) is 11.3 Å². The molecule has 0 aliphatic carbocycles. The molecule has 0 unspecified atom stereocenters. The normalized spacial score (nSPS) is 18.7. The van der Waals surface area contributed by atoms with Crippen LogP contribution >= 0.6 is 11.3 Å². The van der Waals surface area contributed by atoms with Gasteiger partial charge in [0.2, 0.25) is 10.0 Å². The van der Waals surface area contributed by atoms with Crippen molar-refractivity contribution in [2.75, 3.05) is 18.8 Å². The van der Waals surface area contributed by atoms with Gasteiger partial charge in [-0.1, -0.05) is 0 Å². The molecule has 1 aliphatic rings. The van der Waals surface area contributed by atoms with Crippen molar-refractivity contribution in [2.45, 2.75) is 39.4 Å². The summed E-state index contributed by atoms with van der Waals surface area (Å²) in [5.41, 5.74) is 1.19. The van der Waals surface area contributed by atoms with Crippen molar-refractivity contribution in [1.82, 2.24) is 19.4 Å². The molecule has 0 saturated heterocycles. The van der Waals surface area contributed by atoms with Crippen LogP contribution in [0.5, 0.6) is 0 Å². The number of hydrogen-bond donors (Lipinski definition) is 1. The Hall–Kier alpha value is -1.22. The first kappa shape index (κ1) is 17.6. The minimum Gasteiger partial charge on any atom is -0.290 e. The molecule has 0 fully saturated rings. The molecular formula is C16H24N4O2S2. The zero-order chi connectivity index (χ0) is 17.2. The van der Waals surface area contributed by atoms with Crippen molar-refractivity contribution in [1.29, 1.82) is 0 Å². The molecule has 2 aromatic heterocycles. The van der Waals surface area contributed by atoms with Crippen LogP contribution in [-0.2, 0) is 23.1 Å². The number of nitrogens with zero attached hydrogens (tertiary/aromatic N) is 3. The first-order valence-corrected chi connectivity index (χ1v) is 10.7. The molecular weight excluding hydrogens is 344 g/mol. The van der Waals surface area contributed by atoms with Crippen molar-refractivity contribution >= 4 is 21.4 Å². The van der Waals surface area contributed by atoms with Crippen molar-refractivity contribution in [3.05, 3.63) is 39.8 Å². The Kier molecular flexibility index (Phi) is 5.39. The number of thiophene rings is 1. The van der Waals surface area contributed by atoms with Gasteiger partial charge in [-0.3, -0.25) is 9.58 Å². The van der Waals surface area contributed by atoms with Crippen molar-refractivity contribution in [3.63, 3.8) is 0 Å². The lowest BCUT2D eigenvalue weighted by atomic mass is 10.1. The van der Waals surface area contributed by atoms with Crippen LogP contribution in [0, 0.1) is 6.92 Å². The maximum absolute atomic E-state index is 11.6. The summed E-state index contributed by atoms with van der Waals surface area (Å²) in [6.07, 6.45) is 2.57. The standard InChI is InChI=1S/C16H24N4O2S2/c1-3-24(21,22)18-9-7-15-11-19(10-14-6-8-17-20(14)15)12-16-5-4-13(2)23-16/h4-6,8,15,18H,3,7,9-12H2,1-2H3/t15-/m1/s1. The number of nitrogens with one attached hydrogen (secondary N) is 1. The highest BCUT2D eigenvalue weighted by Gasteiger charge is 2.25. The largest absolute Gasteiger partial charge is 0.290 e. The van der Waals surface area contributed by atoms with Crippen molar-refractivity contribution in [3.8, 4) is 0 Å². The molecule has 0 saturated carbocycles. The molecule has 6 nitrogen and oxygen atoms in total. The maximum atomic E-state index is 11.6. The first-order chi connectivity index (χ1) is 11.5. The monoisotopic (exact) mass is 368 g/mol. The fourth-order valence-electron chi connectivity index (χ4n) is 3.07. The molecule has 0 radical (unpaired) electrons. The summed E-state index contributed by atoms with van der Waals surface area (Å²) in [5.74, 6) is 0.120. The predicted octanol–water partition coefficient (Wildman–Crippen LogP) is 2.14. The van der Waals surface area contributed by atoms with Gasteiger partial charge in [0.25, 0.3) is 0 Å². The Labute approximate surface area is 147 Å². The second kappa shape index (κ2) is 7.35. The lowest BCUT2D eigenvalue weighted by molar-refractivity contribution is 0.163. The van der Waals surface area contributed by atoms with Crippen LogP contribution in [0.25, 0.3) is 0 Å². The second-order valence-corrected chi connectivity index (χ2v) is 9.66. The molecule has 0 aromatic carbocycles. The summed E-state index contributed by atoms with van der Waals surface area (Å²) in [5, 5.41) is 4.43. The molecule has 1 atom stereocenters. The summed E-state index contributed by atoms with van der Waals surface area (Å²) in [6, 6.07) is 6.60. The van der Waals surface area contributed by atoms with Crippen LogP contribution < -0.4 is 4.72 Å². The van der Waals surface area contributed by atoms with Gasteiger partial charge >= 0.3 is 0 Å². The SMILES string of the molecule is CCS(=O)(=O)NCC[C@@H]1CN(Cc2ccc(C)s2)Cc2ccnn21. The van der Waals surface area contributed by atoms with E-state index in [4.69, 9.17) is 0 Å². The number of fused-ring (bicyclic) bond motifs is 1. The van der Waals surface area contributed by atoms with Crippen LogP contribution in [0.15, 0.2) is 24.4 Å². The number of rotatable bonds is 7. The Balaban J connectivity index is 1.65. The van der Waals surface area contributed by atoms with Crippen LogP contribution in [0.4, 0.5) is 0 Å². The Morgan fingerprint density at radius 1 is 1.38 bits per heavy atom. The number of hydrogen-bond acceptors (Lipinski definition) is 5. The van der Waals surface area contributed by atoms with Crippen molar-refractivity contribution in [2.24, 2.45) is 0 Å². The third-order valence-electron chi connectivity index (χ3n) is 4.31. The topological polar surface area (TPSA) is 67.2 Å². The third-order valence-corrected chi connectivity index (χ3v) is 6.70. The molecule has 8 heteroatoms. The zero-order valence-corrected chi connectivity index (χ0v) is 15.7. The van der Waals surface area contributed by atoms with Gasteiger partial charge in [0.15, 0.2) is 0 Å². The summed E-state index contributed by atoms with van der Waals surface area (Å²) in [4.78, 5) is 5.12. The highest BCUT2D eigenvalue weighted by molar-refractivity contribution is 7.89. The molecule has 2 aromatic rings. The minimum atomic E-state index is -3.14. The van der Waals surface area contributed by atoms with E-state index in [9.17, 15) is 8.42 Å². The summed E-state index contributed by atoms with van der Waals surface area (Å²) < 4.78 is 27.9. The van der Waals surface area contributed by atoms with E-state index in [1.165, 1.54) is 15.4 Å². The van der Waals surface area contributed by atoms with Gasteiger partial charge in [-0.2, -0.15) is 5.10 Å². The van der Waals surface area contributed by atoms with Gasteiger partial charge < -0.3 is 0 Å². The van der Waals surface area contributed by atoms with Crippen LogP contribution in [0.2, 0.25) is 0 Å². The highest BCUT2D eigenvalue weighted by atomic mass is 32.2. The number of aryl methyl sites for hydroxylation is 1. The molecule has 1 aliphatic heterocycles. The predicted molar refractivity (Wildman–Crippen MR) is 96.5 cm³/mol. The van der Waals surface area contributed by atoms with Crippen LogP contribution in [0.1, 0.15) is 34.8 Å². The van der Waals surface area contributed by atoms with Gasteiger partial charge in [0.05, 0.1) is 17.5 Å². The van der Waals surface area contributed by atoms with Crippen LogP contribution in [0.3, 0.4) is 0 Å². The number of sulfonamides is 1. The molecule has 132 valence electrons. The van der Waals surface area contributed by atoms with E-state index in [-0.39, 0.29) is 11.8 Å². The molecule has 0 amide bonds. The molecule has 3 rings (SSSR count). The summed E-state index contributed by atoms with van der Waals surface area (Å²) >= 11 is 1.83. The average molecular weight is 369 g/mol. The molecule has 1 N–H and O–H groups in total. The Bertz CT molecular complexity index is 782. The van der Waals surface area contributed by atoms with E-state index in [1.54, 1.807) is 6.92 Å². The summed E-state index contributed by atoms with van der Waals surface area (Å²) in [7, 11) is -3.14. The van der Waals surface area contributed by atoms with E-state index in [0.717, 1.165) is 26.1 Å². The first-order valence-electron chi connectivity index (χ1n) is 8.24. The van der Waals surface area contributed by atoms with E-state index in [0.29, 0.717) is 6.54 Å². The van der Waals surface area contributed by atoms with Gasteiger partial charge in [-0.25, -0.2) is 13.1 Å². The zero-order valence-electron chi connectivity index (χ0n) is 14.1. The Morgan fingerprint density at radius 2 is 2.21 bits per heavy atom. The fraction of sp³-hybridized carbons (Fsp3) is 0.562. The lowest BCUT2D eigenvalue weighted by Crippen LogP contribution is -2.38.